The molecule has 1 aromatic rings. The van der Waals surface area contributed by atoms with Crippen molar-refractivity contribution in [3.63, 3.8) is 0 Å². The van der Waals surface area contributed by atoms with Crippen LogP contribution in [0.5, 0.6) is 0 Å². The molecule has 1 atom stereocenters. The van der Waals surface area contributed by atoms with E-state index >= 15 is 0 Å². The van der Waals surface area contributed by atoms with Gasteiger partial charge in [-0.2, -0.15) is 0 Å². The number of nitrogens with one attached hydrogen (secondary N) is 2. The number of ether oxygens (including phenoxy) is 1. The zero-order chi connectivity index (χ0) is 18.2. The molecule has 0 aromatic carbocycles. The molecule has 1 saturated heterocycles. The van der Waals surface area contributed by atoms with Gasteiger partial charge >= 0.3 is 6.03 Å². The fourth-order valence-electron chi connectivity index (χ4n) is 3.63. The highest BCUT2D eigenvalue weighted by atomic mass is 16.5. The molecular weight excluding hydrogens is 318 g/mol. The second-order valence-electron chi connectivity index (χ2n) is 6.79. The third-order valence-electron chi connectivity index (χ3n) is 5.16. The highest BCUT2D eigenvalue weighted by Gasteiger charge is 2.27. The Morgan fingerprint density at radius 3 is 2.44 bits per heavy atom. The number of morpholine rings is 1. The lowest BCUT2D eigenvalue weighted by Crippen LogP contribution is -2.53. The Balaban J connectivity index is 1.85. The summed E-state index contributed by atoms with van der Waals surface area (Å²) < 4.78 is 11.0. The molecule has 25 heavy (non-hydrogen) atoms. The van der Waals surface area contributed by atoms with Gasteiger partial charge in [-0.1, -0.05) is 26.7 Å². The average molecular weight is 351 g/mol. The molecule has 0 bridgehead atoms. The second-order valence-corrected chi connectivity index (χ2v) is 6.79. The lowest BCUT2D eigenvalue weighted by Gasteiger charge is -2.38. The van der Waals surface area contributed by atoms with Crippen molar-refractivity contribution in [3.8, 4) is 0 Å². The Hall–Kier alpha value is -1.53. The Labute approximate surface area is 151 Å². The Kier molecular flexibility index (Phi) is 7.78. The number of nitrogens with zero attached hydrogens (tertiary/aromatic N) is 1. The zero-order valence-electron chi connectivity index (χ0n) is 16.1. The Morgan fingerprint density at radius 1 is 1.20 bits per heavy atom. The number of aryl methyl sites for hydroxylation is 2. The molecular formula is C19H33N3O3. The molecule has 6 heteroatoms. The summed E-state index contributed by atoms with van der Waals surface area (Å²) in [6.45, 7) is 12.9. The van der Waals surface area contributed by atoms with E-state index in [4.69, 9.17) is 9.15 Å². The minimum absolute atomic E-state index is 0.123. The maximum Gasteiger partial charge on any atom is 0.315 e. The number of furan rings is 1. The number of carbonyl (C=O) groups is 1. The van der Waals surface area contributed by atoms with E-state index < -0.39 is 0 Å². The van der Waals surface area contributed by atoms with E-state index in [0.717, 1.165) is 56.2 Å². The molecule has 1 aromatic heterocycles. The highest BCUT2D eigenvalue weighted by molar-refractivity contribution is 5.73. The van der Waals surface area contributed by atoms with Crippen LogP contribution in [0.25, 0.3) is 0 Å². The molecule has 2 rings (SSSR count). The monoisotopic (exact) mass is 351 g/mol. The van der Waals surface area contributed by atoms with E-state index in [0.29, 0.717) is 25.0 Å². The van der Waals surface area contributed by atoms with Crippen molar-refractivity contribution < 1.29 is 13.9 Å². The molecule has 0 radical (unpaired) electrons. The van der Waals surface area contributed by atoms with Crippen LogP contribution in [-0.4, -0.2) is 49.8 Å². The van der Waals surface area contributed by atoms with Gasteiger partial charge in [-0.25, -0.2) is 4.79 Å². The summed E-state index contributed by atoms with van der Waals surface area (Å²) in [6, 6.07) is 2.21. The lowest BCUT2D eigenvalue weighted by atomic mass is 9.92. The molecule has 142 valence electrons. The van der Waals surface area contributed by atoms with Crippen molar-refractivity contribution >= 4 is 6.03 Å². The first-order valence-corrected chi connectivity index (χ1v) is 9.44. The predicted octanol–water partition coefficient (Wildman–Crippen LogP) is 2.83. The minimum atomic E-state index is -0.123. The maximum atomic E-state index is 12.2. The van der Waals surface area contributed by atoms with Gasteiger partial charge in [0.2, 0.25) is 0 Å². The fraction of sp³-hybridized carbons (Fsp3) is 0.737. The van der Waals surface area contributed by atoms with Gasteiger partial charge in [0.1, 0.15) is 11.5 Å². The van der Waals surface area contributed by atoms with Gasteiger partial charge < -0.3 is 19.8 Å². The van der Waals surface area contributed by atoms with Gasteiger partial charge in [0.25, 0.3) is 0 Å². The molecule has 2 amide bonds. The number of rotatable bonds is 8. The Bertz CT molecular complexity index is 534. The summed E-state index contributed by atoms with van der Waals surface area (Å²) in [4.78, 5) is 14.7. The average Bonchev–Trinajstić information content (AvgIpc) is 2.95. The van der Waals surface area contributed by atoms with Gasteiger partial charge in [-0.05, 0) is 25.8 Å². The molecule has 0 spiro atoms. The lowest BCUT2D eigenvalue weighted by molar-refractivity contribution is 0.00237. The summed E-state index contributed by atoms with van der Waals surface area (Å²) in [7, 11) is 0. The SMILES string of the molecule is CCC(CC)C(CNC(=O)NCc1cc(C)oc1C)N1CCOCC1. The smallest absolute Gasteiger partial charge is 0.315 e. The molecule has 1 aliphatic heterocycles. The van der Waals surface area contributed by atoms with Crippen LogP contribution in [0, 0.1) is 19.8 Å². The topological polar surface area (TPSA) is 66.7 Å². The van der Waals surface area contributed by atoms with Crippen LogP contribution >= 0.6 is 0 Å². The summed E-state index contributed by atoms with van der Waals surface area (Å²) in [5, 5.41) is 6.00. The summed E-state index contributed by atoms with van der Waals surface area (Å²) in [5.74, 6) is 2.31. The molecule has 2 N–H and O–H groups in total. The molecule has 1 aliphatic rings. The van der Waals surface area contributed by atoms with Crippen molar-refractivity contribution in [2.24, 2.45) is 5.92 Å². The predicted molar refractivity (Wildman–Crippen MR) is 98.7 cm³/mol. The zero-order valence-corrected chi connectivity index (χ0v) is 16.1. The number of carbonyl (C=O) groups excluding carboxylic acids is 1. The molecule has 6 nitrogen and oxygen atoms in total. The first-order valence-electron chi connectivity index (χ1n) is 9.44. The van der Waals surface area contributed by atoms with Crippen LogP contribution < -0.4 is 10.6 Å². The second kappa shape index (κ2) is 9.82. The minimum Gasteiger partial charge on any atom is -0.466 e. The maximum absolute atomic E-state index is 12.2. The normalized spacial score (nSPS) is 16.8. The third-order valence-corrected chi connectivity index (χ3v) is 5.16. The van der Waals surface area contributed by atoms with Crippen LogP contribution in [0.1, 0.15) is 43.8 Å². The summed E-state index contributed by atoms with van der Waals surface area (Å²) >= 11 is 0. The quantitative estimate of drug-likeness (QED) is 0.756. The van der Waals surface area contributed by atoms with Gasteiger partial charge in [-0.3, -0.25) is 4.90 Å². The van der Waals surface area contributed by atoms with Gasteiger partial charge in [0.15, 0.2) is 0 Å². The standard InChI is InChI=1S/C19H33N3O3/c1-5-16(6-2)18(22-7-9-24-10-8-22)13-21-19(23)20-12-17-11-14(3)25-15(17)4/h11,16,18H,5-10,12-13H2,1-4H3,(H2,20,21,23). The van der Waals surface area contributed by atoms with Crippen LogP contribution in [0.3, 0.4) is 0 Å². The first kappa shape index (κ1) is 19.8. The summed E-state index contributed by atoms with van der Waals surface area (Å²) in [5.41, 5.74) is 1.03. The van der Waals surface area contributed by atoms with Crippen molar-refractivity contribution in [2.75, 3.05) is 32.8 Å². The highest BCUT2D eigenvalue weighted by Crippen LogP contribution is 2.19. The largest absolute Gasteiger partial charge is 0.466 e. The first-order chi connectivity index (χ1) is 12.0. The van der Waals surface area contributed by atoms with Crippen molar-refractivity contribution in [3.05, 3.63) is 23.2 Å². The number of urea groups is 1. The summed E-state index contributed by atoms with van der Waals surface area (Å²) in [6.07, 6.45) is 2.24. The molecule has 0 aliphatic carbocycles. The van der Waals surface area contributed by atoms with Gasteiger partial charge in [-0.15, -0.1) is 0 Å². The van der Waals surface area contributed by atoms with Crippen LogP contribution in [0.4, 0.5) is 4.79 Å². The van der Waals surface area contributed by atoms with E-state index in [1.165, 1.54) is 0 Å². The fourth-order valence-corrected chi connectivity index (χ4v) is 3.63. The van der Waals surface area contributed by atoms with E-state index in [1.807, 2.05) is 19.9 Å². The number of hydrogen-bond acceptors (Lipinski definition) is 4. The van der Waals surface area contributed by atoms with E-state index in [-0.39, 0.29) is 6.03 Å². The molecule has 0 saturated carbocycles. The third kappa shape index (κ3) is 5.75. The van der Waals surface area contributed by atoms with Gasteiger partial charge in [0, 0.05) is 37.8 Å². The van der Waals surface area contributed by atoms with Crippen molar-refractivity contribution in [2.45, 2.75) is 53.1 Å². The van der Waals surface area contributed by atoms with E-state index in [1.54, 1.807) is 0 Å². The van der Waals surface area contributed by atoms with Gasteiger partial charge in [0.05, 0.1) is 13.2 Å². The van der Waals surface area contributed by atoms with Crippen molar-refractivity contribution in [1.29, 1.82) is 0 Å². The van der Waals surface area contributed by atoms with E-state index in [2.05, 4.69) is 29.4 Å². The van der Waals surface area contributed by atoms with Crippen LogP contribution in [0.2, 0.25) is 0 Å². The molecule has 2 heterocycles. The molecule has 1 unspecified atom stereocenters. The van der Waals surface area contributed by atoms with Crippen LogP contribution in [-0.2, 0) is 11.3 Å². The van der Waals surface area contributed by atoms with Crippen molar-refractivity contribution in [1.82, 2.24) is 15.5 Å². The molecule has 1 fully saturated rings. The number of hydrogen-bond donors (Lipinski definition) is 2. The Morgan fingerprint density at radius 2 is 1.88 bits per heavy atom. The van der Waals surface area contributed by atoms with E-state index in [9.17, 15) is 4.79 Å². The number of amides is 2. The van der Waals surface area contributed by atoms with Crippen LogP contribution in [0.15, 0.2) is 10.5 Å².